The number of esters is 1. The van der Waals surface area contributed by atoms with Gasteiger partial charge in [0.25, 0.3) is 0 Å². The van der Waals surface area contributed by atoms with E-state index in [1.54, 1.807) is 13.8 Å². The molecule has 0 aromatic heterocycles. The lowest BCUT2D eigenvalue weighted by Gasteiger charge is -2.59. The minimum absolute atomic E-state index is 0.0901. The van der Waals surface area contributed by atoms with E-state index in [1.165, 1.54) is 0 Å². The molecule has 152 valence electrons. The van der Waals surface area contributed by atoms with E-state index in [2.05, 4.69) is 6.92 Å². The number of fused-ring (bicyclic) bond motifs is 2. The third-order valence-electron chi connectivity index (χ3n) is 6.59. The molecule has 0 aromatic rings. The summed E-state index contributed by atoms with van der Waals surface area (Å²) in [6, 6.07) is 0. The van der Waals surface area contributed by atoms with Crippen molar-refractivity contribution < 1.29 is 44.2 Å². The fourth-order valence-corrected chi connectivity index (χ4v) is 5.25. The quantitative estimate of drug-likeness (QED) is 0.579. The number of carbonyl (C=O) groups excluding carboxylic acids is 1. The number of hydrogen-bond acceptors (Lipinski definition) is 7. The van der Waals surface area contributed by atoms with Crippen LogP contribution in [-0.4, -0.2) is 41.0 Å². The van der Waals surface area contributed by atoms with Crippen LogP contribution in [0.25, 0.3) is 0 Å². The lowest BCUT2D eigenvalue weighted by atomic mass is 9.58. The molecule has 0 radical (unpaired) electrons. The van der Waals surface area contributed by atoms with Crippen LogP contribution < -0.4 is 0 Å². The predicted molar refractivity (Wildman–Crippen MR) is 89.8 cm³/mol. The molecule has 8 nitrogen and oxygen atoms in total. The number of carboxylic acid groups (broad SMARTS) is 1. The molecule has 1 N–H and O–H groups in total. The number of rotatable bonds is 4. The molecular weight excluding hydrogens is 356 g/mol. The minimum atomic E-state index is -3.48. The minimum Gasteiger partial charge on any atom is -0.481 e. The maximum atomic E-state index is 12.5. The van der Waals surface area contributed by atoms with Gasteiger partial charge in [0.1, 0.15) is 0 Å². The highest BCUT2D eigenvalue weighted by Gasteiger charge is 2.69. The first-order valence-corrected chi connectivity index (χ1v) is 9.41. The Hall–Kier alpha value is -1.22. The normalized spacial score (nSPS) is 51.7. The van der Waals surface area contributed by atoms with Crippen LogP contribution in [0.2, 0.25) is 0 Å². The Balaban J connectivity index is 1.63. The van der Waals surface area contributed by atoms with Gasteiger partial charge in [-0.1, -0.05) is 13.8 Å². The van der Waals surface area contributed by atoms with Crippen LogP contribution in [0.4, 0.5) is 0 Å². The van der Waals surface area contributed by atoms with E-state index in [0.717, 1.165) is 19.3 Å². The zero-order chi connectivity index (χ0) is 23.0. The maximum absolute atomic E-state index is 12.5. The Morgan fingerprint density at radius 2 is 1.96 bits per heavy atom. The maximum Gasteiger partial charge on any atom is 0.308 e. The molecule has 4 aliphatic heterocycles. The lowest BCUT2D eigenvalue weighted by molar-refractivity contribution is -0.576. The van der Waals surface area contributed by atoms with Gasteiger partial charge in [-0.3, -0.25) is 9.59 Å². The van der Waals surface area contributed by atoms with Crippen molar-refractivity contribution in [3.05, 3.63) is 0 Å². The Bertz CT molecular complexity index is 778. The van der Waals surface area contributed by atoms with Crippen molar-refractivity contribution >= 4 is 11.9 Å². The highest BCUT2D eigenvalue weighted by atomic mass is 17.3. The molecule has 0 amide bonds. The van der Waals surface area contributed by atoms with Gasteiger partial charge in [0.05, 0.1) is 12.7 Å². The molecule has 5 aliphatic rings. The van der Waals surface area contributed by atoms with Crippen molar-refractivity contribution in [2.75, 3.05) is 0 Å². The summed E-state index contributed by atoms with van der Waals surface area (Å²) in [6.07, 6.45) is -6.04. The van der Waals surface area contributed by atoms with Crippen LogP contribution >= 0.6 is 0 Å². The standard InChI is InChI=1S/C19H28O8/c1-10-4-5-13-11(2)16(23-15(22)7-6-14(20)21)24-17-19(13)12(10)8-9-18(3,25-17)26-27-19/h10-13,16-17H,4-9H2,1-3H3,(H,20,21)/t10-,11-,12+,13+,16-,17?,18+,19?/m1/s1/i6D2,7D2. The molecular formula is C19H28O8. The van der Waals surface area contributed by atoms with E-state index < -0.39 is 54.6 Å². The first-order valence-electron chi connectivity index (χ1n) is 11.4. The summed E-state index contributed by atoms with van der Waals surface area (Å²) in [5.41, 5.74) is -0.898. The van der Waals surface area contributed by atoms with Crippen molar-refractivity contribution in [1.29, 1.82) is 0 Å². The van der Waals surface area contributed by atoms with Gasteiger partial charge in [0.2, 0.25) is 12.1 Å². The molecule has 4 heterocycles. The van der Waals surface area contributed by atoms with Gasteiger partial charge in [-0.15, -0.1) is 0 Å². The van der Waals surface area contributed by atoms with Crippen LogP contribution in [0.5, 0.6) is 0 Å². The Kier molecular flexibility index (Phi) is 3.65. The average molecular weight is 388 g/mol. The third kappa shape index (κ3) is 3.06. The summed E-state index contributed by atoms with van der Waals surface area (Å²) < 4.78 is 47.8. The fourth-order valence-electron chi connectivity index (χ4n) is 5.25. The van der Waals surface area contributed by atoms with Crippen LogP contribution in [0.3, 0.4) is 0 Å². The summed E-state index contributed by atoms with van der Waals surface area (Å²) in [5.74, 6) is -4.99. The van der Waals surface area contributed by atoms with E-state index in [9.17, 15) is 9.59 Å². The van der Waals surface area contributed by atoms with Crippen molar-refractivity contribution in [3.8, 4) is 0 Å². The third-order valence-corrected chi connectivity index (χ3v) is 6.59. The average Bonchev–Trinajstić information content (AvgIpc) is 2.91. The van der Waals surface area contributed by atoms with Gasteiger partial charge in [0, 0.05) is 23.7 Å². The molecule has 5 fully saturated rings. The monoisotopic (exact) mass is 388 g/mol. The second kappa shape index (κ2) is 6.69. The molecule has 1 spiro atoms. The largest absolute Gasteiger partial charge is 0.481 e. The molecule has 27 heavy (non-hydrogen) atoms. The van der Waals surface area contributed by atoms with Crippen LogP contribution in [-0.2, 0) is 33.6 Å². The number of hydrogen-bond donors (Lipinski definition) is 1. The van der Waals surface area contributed by atoms with Gasteiger partial charge in [-0.25, -0.2) is 9.78 Å². The van der Waals surface area contributed by atoms with Crippen molar-refractivity contribution in [1.82, 2.24) is 0 Å². The van der Waals surface area contributed by atoms with E-state index in [-0.39, 0.29) is 11.8 Å². The topological polar surface area (TPSA) is 101 Å². The summed E-state index contributed by atoms with van der Waals surface area (Å²) in [7, 11) is 0. The van der Waals surface area contributed by atoms with Crippen LogP contribution in [0.15, 0.2) is 0 Å². The molecule has 1 aliphatic carbocycles. The Labute approximate surface area is 164 Å². The SMILES string of the molecule is [2H]C([2H])(C(=O)O)C([2H])([2H])C(=O)O[C@@H]1OC2O[C@]3(C)CC[C@H]4[C@H](C)CC[C@@H]([C@H]1C)C24OO3. The number of ether oxygens (including phenoxy) is 3. The lowest BCUT2D eigenvalue weighted by Crippen LogP contribution is -2.70. The first-order chi connectivity index (χ1) is 14.3. The van der Waals surface area contributed by atoms with E-state index in [0.29, 0.717) is 12.3 Å². The van der Waals surface area contributed by atoms with Crippen LogP contribution in [0, 0.1) is 23.7 Å². The fraction of sp³-hybridized carbons (Fsp3) is 0.895. The van der Waals surface area contributed by atoms with Gasteiger partial charge in [0.15, 0.2) is 11.9 Å². The number of carboxylic acids is 1. The van der Waals surface area contributed by atoms with Gasteiger partial charge < -0.3 is 19.3 Å². The Morgan fingerprint density at radius 1 is 1.19 bits per heavy atom. The van der Waals surface area contributed by atoms with Crippen molar-refractivity contribution in [2.45, 2.75) is 83.2 Å². The molecule has 5 rings (SSSR count). The zero-order valence-electron chi connectivity index (χ0n) is 19.6. The Morgan fingerprint density at radius 3 is 2.70 bits per heavy atom. The molecule has 8 atom stereocenters. The second-order valence-corrected chi connectivity index (χ2v) is 8.23. The second-order valence-electron chi connectivity index (χ2n) is 8.23. The van der Waals surface area contributed by atoms with E-state index in [4.69, 9.17) is 34.6 Å². The first kappa shape index (κ1) is 14.7. The van der Waals surface area contributed by atoms with Gasteiger partial charge in [-0.05, 0) is 38.0 Å². The van der Waals surface area contributed by atoms with Gasteiger partial charge >= 0.3 is 11.9 Å². The summed E-state index contributed by atoms with van der Waals surface area (Å²) in [4.78, 5) is 35.3. The molecule has 2 unspecified atom stereocenters. The molecule has 4 saturated heterocycles. The van der Waals surface area contributed by atoms with Gasteiger partial charge in [-0.2, -0.15) is 0 Å². The smallest absolute Gasteiger partial charge is 0.308 e. The number of aliphatic carboxylic acids is 1. The summed E-state index contributed by atoms with van der Waals surface area (Å²) in [6.45, 7) is 5.67. The highest BCUT2D eigenvalue weighted by Crippen LogP contribution is 2.60. The summed E-state index contributed by atoms with van der Waals surface area (Å²) >= 11 is 0. The molecule has 8 heteroatoms. The van der Waals surface area contributed by atoms with E-state index in [1.807, 2.05) is 0 Å². The predicted octanol–water partition coefficient (Wildman–Crippen LogP) is 2.60. The van der Waals surface area contributed by atoms with Crippen molar-refractivity contribution in [2.24, 2.45) is 23.7 Å². The highest BCUT2D eigenvalue weighted by molar-refractivity contribution is 5.76. The zero-order valence-corrected chi connectivity index (χ0v) is 15.6. The molecule has 2 bridgehead atoms. The molecule has 1 saturated carbocycles. The van der Waals surface area contributed by atoms with Crippen molar-refractivity contribution in [3.63, 3.8) is 0 Å². The van der Waals surface area contributed by atoms with E-state index >= 15 is 0 Å². The molecule has 0 aromatic carbocycles. The summed E-state index contributed by atoms with van der Waals surface area (Å²) in [5, 5.41) is 9.01. The number of carbonyl (C=O) groups is 2. The van der Waals surface area contributed by atoms with Crippen LogP contribution in [0.1, 0.15) is 64.7 Å².